The third kappa shape index (κ3) is 2.44. The number of hydrogen-bond acceptors (Lipinski definition) is 4. The van der Waals surface area contributed by atoms with Gasteiger partial charge in [0.1, 0.15) is 5.82 Å². The molecule has 2 atom stereocenters. The van der Waals surface area contributed by atoms with Gasteiger partial charge in [0.2, 0.25) is 0 Å². The van der Waals surface area contributed by atoms with Crippen LogP contribution in [0.4, 0.5) is 0 Å². The number of hydrogen-bond donors (Lipinski definition) is 1. The van der Waals surface area contributed by atoms with E-state index in [-0.39, 0.29) is 18.5 Å². The summed E-state index contributed by atoms with van der Waals surface area (Å²) in [6, 6.07) is 12.2. The van der Waals surface area contributed by atoms with Crippen molar-refractivity contribution in [2.24, 2.45) is 5.73 Å². The summed E-state index contributed by atoms with van der Waals surface area (Å²) in [5, 5.41) is 13.2. The summed E-state index contributed by atoms with van der Waals surface area (Å²) in [6.45, 7) is 1.99. The van der Waals surface area contributed by atoms with Gasteiger partial charge in [0, 0.05) is 6.04 Å². The second kappa shape index (κ2) is 5.68. The lowest BCUT2D eigenvalue weighted by Crippen LogP contribution is -2.31. The zero-order valence-electron chi connectivity index (χ0n) is 11.7. The molecular weight excluding hydrogens is 280 g/mol. The van der Waals surface area contributed by atoms with E-state index in [0.29, 0.717) is 0 Å². The molecule has 0 fully saturated rings. The Bertz CT molecular complexity index is 780. The number of imidazole rings is 1. The molecule has 2 unspecified atom stereocenters. The highest BCUT2D eigenvalue weighted by Gasteiger charge is 2.24. The molecule has 0 bridgehead atoms. The maximum atomic E-state index is 9.09. The van der Waals surface area contributed by atoms with E-state index in [2.05, 4.69) is 27.1 Å². The fourth-order valence-electron chi connectivity index (χ4n) is 2.73. The number of benzene rings is 1. The van der Waals surface area contributed by atoms with E-state index in [1.807, 2.05) is 36.6 Å². The number of fused-ring (bicyclic) bond motifs is 1. The van der Waals surface area contributed by atoms with Gasteiger partial charge in [-0.3, -0.25) is 0 Å². The molecule has 4 nitrogen and oxygen atoms in total. The van der Waals surface area contributed by atoms with E-state index in [4.69, 9.17) is 11.0 Å². The van der Waals surface area contributed by atoms with Crippen LogP contribution in [0.25, 0.3) is 11.0 Å². The SMILES string of the molecule is CC(N)C(c1ccsc1)n1c(CC#N)nc2ccccc21. The second-order valence-electron chi connectivity index (χ2n) is 5.08. The number of aromatic nitrogens is 2. The highest BCUT2D eigenvalue weighted by atomic mass is 32.1. The van der Waals surface area contributed by atoms with Crippen molar-refractivity contribution in [1.29, 1.82) is 5.26 Å². The Hall–Kier alpha value is -2.16. The molecule has 2 heterocycles. The van der Waals surface area contributed by atoms with Crippen LogP contribution in [-0.2, 0) is 6.42 Å². The Morgan fingerprint density at radius 2 is 2.19 bits per heavy atom. The molecule has 3 rings (SSSR count). The van der Waals surface area contributed by atoms with Gasteiger partial charge in [0.15, 0.2) is 0 Å². The van der Waals surface area contributed by atoms with E-state index < -0.39 is 0 Å². The minimum Gasteiger partial charge on any atom is -0.326 e. The van der Waals surface area contributed by atoms with Crippen molar-refractivity contribution in [3.8, 4) is 6.07 Å². The molecule has 0 saturated carbocycles. The summed E-state index contributed by atoms with van der Waals surface area (Å²) >= 11 is 1.65. The summed E-state index contributed by atoms with van der Waals surface area (Å²) in [6.07, 6.45) is 0.280. The third-order valence-corrected chi connectivity index (χ3v) is 4.27. The van der Waals surface area contributed by atoms with Crippen LogP contribution in [0.5, 0.6) is 0 Å². The van der Waals surface area contributed by atoms with Gasteiger partial charge in [-0.15, -0.1) is 0 Å². The number of nitrogens with zero attached hydrogens (tertiary/aromatic N) is 3. The van der Waals surface area contributed by atoms with Crippen molar-refractivity contribution in [1.82, 2.24) is 9.55 Å². The average Bonchev–Trinajstić information content (AvgIpc) is 3.09. The van der Waals surface area contributed by atoms with Gasteiger partial charge in [0.25, 0.3) is 0 Å². The molecule has 0 saturated heterocycles. The zero-order chi connectivity index (χ0) is 14.8. The topological polar surface area (TPSA) is 67.6 Å². The summed E-state index contributed by atoms with van der Waals surface area (Å²) < 4.78 is 2.12. The standard InChI is InChI=1S/C16H16N4S/c1-11(18)16(12-7-9-21-10-12)20-14-5-3-2-4-13(14)19-15(20)6-8-17/h2-5,7,9-11,16H,6,18H2,1H3. The van der Waals surface area contributed by atoms with Crippen LogP contribution in [0.3, 0.4) is 0 Å². The fourth-order valence-corrected chi connectivity index (χ4v) is 3.42. The average molecular weight is 296 g/mol. The summed E-state index contributed by atoms with van der Waals surface area (Å²) in [4.78, 5) is 4.60. The molecule has 2 N–H and O–H groups in total. The molecule has 2 aromatic heterocycles. The van der Waals surface area contributed by atoms with Crippen LogP contribution in [0.1, 0.15) is 24.4 Å². The monoisotopic (exact) mass is 296 g/mol. The molecule has 21 heavy (non-hydrogen) atoms. The predicted molar refractivity (Wildman–Crippen MR) is 85.2 cm³/mol. The van der Waals surface area contributed by atoms with Gasteiger partial charge in [-0.1, -0.05) is 12.1 Å². The second-order valence-corrected chi connectivity index (χ2v) is 5.86. The number of nitrogens with two attached hydrogens (primary N) is 1. The minimum absolute atomic E-state index is 0.00741. The lowest BCUT2D eigenvalue weighted by atomic mass is 10.0. The number of thiophene rings is 1. The van der Waals surface area contributed by atoms with Crippen molar-refractivity contribution >= 4 is 22.4 Å². The van der Waals surface area contributed by atoms with Crippen LogP contribution in [0.15, 0.2) is 41.1 Å². The first-order valence-corrected chi connectivity index (χ1v) is 7.77. The van der Waals surface area contributed by atoms with Crippen LogP contribution in [0.2, 0.25) is 0 Å². The Balaban J connectivity index is 2.25. The Morgan fingerprint density at radius 3 is 2.86 bits per heavy atom. The van der Waals surface area contributed by atoms with Gasteiger partial charge < -0.3 is 10.3 Å². The van der Waals surface area contributed by atoms with Crippen LogP contribution >= 0.6 is 11.3 Å². The quantitative estimate of drug-likeness (QED) is 0.804. The molecule has 0 aliphatic rings. The first kappa shape index (κ1) is 13.8. The number of nitriles is 1. The molecular formula is C16H16N4S. The van der Waals surface area contributed by atoms with Crippen molar-refractivity contribution in [3.05, 3.63) is 52.5 Å². The molecule has 3 aromatic rings. The van der Waals surface area contributed by atoms with E-state index in [1.165, 1.54) is 0 Å². The van der Waals surface area contributed by atoms with Gasteiger partial charge in [-0.25, -0.2) is 4.98 Å². The zero-order valence-corrected chi connectivity index (χ0v) is 12.5. The van der Waals surface area contributed by atoms with Crippen LogP contribution in [-0.4, -0.2) is 15.6 Å². The molecule has 0 radical (unpaired) electrons. The van der Waals surface area contributed by atoms with Gasteiger partial charge >= 0.3 is 0 Å². The van der Waals surface area contributed by atoms with Gasteiger partial charge in [-0.2, -0.15) is 16.6 Å². The number of rotatable bonds is 4. The maximum absolute atomic E-state index is 9.09. The van der Waals surface area contributed by atoms with E-state index in [0.717, 1.165) is 22.4 Å². The van der Waals surface area contributed by atoms with Crippen LogP contribution < -0.4 is 5.73 Å². The molecule has 0 spiro atoms. The van der Waals surface area contributed by atoms with Crippen LogP contribution in [0, 0.1) is 11.3 Å². The third-order valence-electron chi connectivity index (χ3n) is 3.57. The van der Waals surface area contributed by atoms with Crippen molar-refractivity contribution in [3.63, 3.8) is 0 Å². The minimum atomic E-state index is -0.0744. The molecule has 1 aromatic carbocycles. The van der Waals surface area contributed by atoms with Crippen molar-refractivity contribution in [2.45, 2.75) is 25.4 Å². The smallest absolute Gasteiger partial charge is 0.124 e. The molecule has 0 aliphatic heterocycles. The highest BCUT2D eigenvalue weighted by Crippen LogP contribution is 2.29. The van der Waals surface area contributed by atoms with Crippen molar-refractivity contribution < 1.29 is 0 Å². The predicted octanol–water partition coefficient (Wildman–Crippen LogP) is 3.10. The Labute approximate surface area is 127 Å². The lowest BCUT2D eigenvalue weighted by molar-refractivity contribution is 0.496. The first-order chi connectivity index (χ1) is 10.2. The molecule has 5 heteroatoms. The normalized spacial score (nSPS) is 14.0. The molecule has 0 amide bonds. The van der Waals surface area contributed by atoms with E-state index >= 15 is 0 Å². The summed E-state index contributed by atoms with van der Waals surface area (Å²) in [5.74, 6) is 0.771. The molecule has 106 valence electrons. The van der Waals surface area contributed by atoms with E-state index in [1.54, 1.807) is 11.3 Å². The Kier molecular flexibility index (Phi) is 3.74. The molecule has 0 aliphatic carbocycles. The highest BCUT2D eigenvalue weighted by molar-refractivity contribution is 7.08. The largest absolute Gasteiger partial charge is 0.326 e. The number of para-hydroxylation sites is 2. The van der Waals surface area contributed by atoms with Crippen molar-refractivity contribution in [2.75, 3.05) is 0 Å². The van der Waals surface area contributed by atoms with Gasteiger partial charge in [-0.05, 0) is 41.4 Å². The fraction of sp³-hybridized carbons (Fsp3) is 0.250. The van der Waals surface area contributed by atoms with Gasteiger partial charge in [0.05, 0.1) is 29.6 Å². The first-order valence-electron chi connectivity index (χ1n) is 6.83. The lowest BCUT2D eigenvalue weighted by Gasteiger charge is -2.24. The van der Waals surface area contributed by atoms with E-state index in [9.17, 15) is 0 Å². The summed E-state index contributed by atoms with van der Waals surface area (Å²) in [5.41, 5.74) is 9.34. The maximum Gasteiger partial charge on any atom is 0.124 e. The Morgan fingerprint density at radius 1 is 1.38 bits per heavy atom. The summed E-state index contributed by atoms with van der Waals surface area (Å²) in [7, 11) is 0.